The van der Waals surface area contributed by atoms with Crippen LogP contribution in [-0.4, -0.2) is 22.1 Å². The Balaban J connectivity index is 1.33. The Labute approximate surface area is 128 Å². The van der Waals surface area contributed by atoms with E-state index in [2.05, 4.69) is 15.5 Å². The third kappa shape index (κ3) is 2.51. The zero-order valence-electron chi connectivity index (χ0n) is 12.2. The molecule has 2 N–H and O–H groups in total. The number of aromatic amines is 1. The molecule has 1 amide bonds. The zero-order chi connectivity index (χ0) is 15.1. The maximum absolute atomic E-state index is 13.7. The van der Waals surface area contributed by atoms with Gasteiger partial charge in [-0.05, 0) is 49.3 Å². The molecule has 0 bridgehead atoms. The van der Waals surface area contributed by atoms with Gasteiger partial charge in [0, 0.05) is 17.7 Å². The monoisotopic (exact) mass is 299 g/mol. The summed E-state index contributed by atoms with van der Waals surface area (Å²) in [7, 11) is 0. The van der Waals surface area contributed by atoms with Gasteiger partial charge in [-0.15, -0.1) is 0 Å². The molecule has 2 aliphatic carbocycles. The van der Waals surface area contributed by atoms with E-state index in [9.17, 15) is 9.18 Å². The Morgan fingerprint density at radius 3 is 2.73 bits per heavy atom. The number of H-pyrrole nitrogens is 1. The number of hydrogen-bond donors (Lipinski definition) is 2. The highest BCUT2D eigenvalue weighted by molar-refractivity contribution is 5.92. The van der Waals surface area contributed by atoms with Crippen molar-refractivity contribution in [1.82, 2.24) is 15.5 Å². The Bertz CT molecular complexity index is 701. The molecule has 114 valence electrons. The van der Waals surface area contributed by atoms with E-state index in [4.69, 9.17) is 0 Å². The van der Waals surface area contributed by atoms with Crippen molar-refractivity contribution in [2.45, 2.75) is 43.6 Å². The molecule has 22 heavy (non-hydrogen) atoms. The number of halogens is 1. The summed E-state index contributed by atoms with van der Waals surface area (Å²) in [5.41, 5.74) is 2.27. The van der Waals surface area contributed by atoms with Crippen LogP contribution in [0.4, 0.5) is 4.39 Å². The van der Waals surface area contributed by atoms with E-state index in [1.807, 2.05) is 18.2 Å². The lowest BCUT2D eigenvalue weighted by atomic mass is 9.75. The lowest BCUT2D eigenvalue weighted by molar-refractivity contribution is 0.0903. The van der Waals surface area contributed by atoms with Gasteiger partial charge in [0.1, 0.15) is 11.5 Å². The second-order valence-corrected chi connectivity index (χ2v) is 6.34. The van der Waals surface area contributed by atoms with Crippen molar-refractivity contribution in [1.29, 1.82) is 0 Å². The van der Waals surface area contributed by atoms with Crippen molar-refractivity contribution in [2.24, 2.45) is 0 Å². The molecule has 0 saturated heterocycles. The second kappa shape index (κ2) is 5.23. The summed E-state index contributed by atoms with van der Waals surface area (Å²) in [5, 5.41) is 10.0. The van der Waals surface area contributed by atoms with Gasteiger partial charge in [0.15, 0.2) is 0 Å². The summed E-state index contributed by atoms with van der Waals surface area (Å²) in [5.74, 6) is 0.467. The molecule has 0 unspecified atom stereocenters. The van der Waals surface area contributed by atoms with E-state index < -0.39 is 0 Å². The van der Waals surface area contributed by atoms with E-state index in [1.54, 1.807) is 6.07 Å². The normalized spacial score (nSPS) is 23.9. The molecule has 1 heterocycles. The third-order valence-electron chi connectivity index (χ3n) is 4.67. The first-order chi connectivity index (χ1) is 10.7. The molecule has 2 fully saturated rings. The Morgan fingerprint density at radius 2 is 2.00 bits per heavy atom. The van der Waals surface area contributed by atoms with Crippen LogP contribution in [0.1, 0.15) is 59.3 Å². The van der Waals surface area contributed by atoms with E-state index in [0.29, 0.717) is 11.6 Å². The van der Waals surface area contributed by atoms with Crippen molar-refractivity contribution >= 4 is 5.91 Å². The number of amides is 1. The van der Waals surface area contributed by atoms with Crippen LogP contribution in [0.15, 0.2) is 30.3 Å². The van der Waals surface area contributed by atoms with Crippen LogP contribution in [0.2, 0.25) is 0 Å². The third-order valence-corrected chi connectivity index (χ3v) is 4.67. The van der Waals surface area contributed by atoms with Crippen LogP contribution in [0.3, 0.4) is 0 Å². The predicted octanol–water partition coefficient (Wildman–Crippen LogP) is 3.10. The summed E-state index contributed by atoms with van der Waals surface area (Å²) in [6.45, 7) is 0. The molecule has 0 radical (unpaired) electrons. The number of nitrogens with one attached hydrogen (secondary N) is 2. The molecule has 0 atom stereocenters. The van der Waals surface area contributed by atoms with Crippen molar-refractivity contribution in [3.63, 3.8) is 0 Å². The fourth-order valence-electron chi connectivity index (χ4n) is 3.11. The largest absolute Gasteiger partial charge is 0.348 e. The van der Waals surface area contributed by atoms with Gasteiger partial charge < -0.3 is 5.32 Å². The van der Waals surface area contributed by atoms with Gasteiger partial charge >= 0.3 is 0 Å². The summed E-state index contributed by atoms with van der Waals surface area (Å²) in [6.07, 6.45) is 3.92. The summed E-state index contributed by atoms with van der Waals surface area (Å²) < 4.78 is 13.7. The SMILES string of the molecule is O=C(NC1CC(c2ccccc2F)C1)c1cc(C2CC2)[nH]n1. The number of benzene rings is 1. The number of nitrogens with zero attached hydrogens (tertiary/aromatic N) is 1. The standard InChI is InChI=1S/C17H18FN3O/c18-14-4-2-1-3-13(14)11-7-12(8-11)19-17(22)16-9-15(20-21-16)10-5-6-10/h1-4,9-12H,5-8H2,(H,19,22)(H,20,21). The van der Waals surface area contributed by atoms with Crippen molar-refractivity contribution in [3.8, 4) is 0 Å². The highest BCUT2D eigenvalue weighted by Crippen LogP contribution is 2.39. The van der Waals surface area contributed by atoms with Crippen LogP contribution >= 0.6 is 0 Å². The van der Waals surface area contributed by atoms with E-state index in [1.165, 1.54) is 18.9 Å². The van der Waals surface area contributed by atoms with Crippen LogP contribution in [0.25, 0.3) is 0 Å². The van der Waals surface area contributed by atoms with Gasteiger partial charge in [-0.1, -0.05) is 18.2 Å². The number of carbonyl (C=O) groups is 1. The maximum atomic E-state index is 13.7. The Kier molecular flexibility index (Phi) is 3.21. The molecule has 4 rings (SSSR count). The van der Waals surface area contributed by atoms with Crippen molar-refractivity contribution < 1.29 is 9.18 Å². The first-order valence-corrected chi connectivity index (χ1v) is 7.81. The van der Waals surface area contributed by atoms with Crippen LogP contribution in [0.5, 0.6) is 0 Å². The fourth-order valence-corrected chi connectivity index (χ4v) is 3.11. The van der Waals surface area contributed by atoms with Crippen LogP contribution in [0, 0.1) is 5.82 Å². The van der Waals surface area contributed by atoms with E-state index >= 15 is 0 Å². The topological polar surface area (TPSA) is 57.8 Å². The summed E-state index contributed by atoms with van der Waals surface area (Å²) >= 11 is 0. The van der Waals surface area contributed by atoms with Gasteiger partial charge in [0.25, 0.3) is 5.91 Å². The van der Waals surface area contributed by atoms with E-state index in [0.717, 1.165) is 24.1 Å². The average Bonchev–Trinajstić information content (AvgIpc) is 3.21. The molecule has 1 aromatic heterocycles. The second-order valence-electron chi connectivity index (χ2n) is 6.34. The van der Waals surface area contributed by atoms with Gasteiger partial charge in [0.2, 0.25) is 0 Å². The molecule has 2 aliphatic rings. The Morgan fingerprint density at radius 1 is 1.23 bits per heavy atom. The van der Waals surface area contributed by atoms with Crippen molar-refractivity contribution in [3.05, 3.63) is 53.1 Å². The minimum atomic E-state index is -0.154. The highest BCUT2D eigenvalue weighted by Gasteiger charge is 2.33. The predicted molar refractivity (Wildman–Crippen MR) is 80.2 cm³/mol. The number of rotatable bonds is 4. The molecular formula is C17H18FN3O. The summed E-state index contributed by atoms with van der Waals surface area (Å²) in [4.78, 5) is 12.1. The lowest BCUT2D eigenvalue weighted by Crippen LogP contribution is -2.43. The molecule has 1 aromatic carbocycles. The van der Waals surface area contributed by atoms with Gasteiger partial charge in [-0.2, -0.15) is 5.10 Å². The van der Waals surface area contributed by atoms with Gasteiger partial charge in [-0.25, -0.2) is 4.39 Å². The fraction of sp³-hybridized carbons (Fsp3) is 0.412. The first-order valence-electron chi connectivity index (χ1n) is 7.81. The molecule has 0 spiro atoms. The number of aromatic nitrogens is 2. The smallest absolute Gasteiger partial charge is 0.271 e. The summed E-state index contributed by atoms with van der Waals surface area (Å²) in [6, 6.07) is 8.83. The molecule has 0 aliphatic heterocycles. The van der Waals surface area contributed by atoms with Crippen LogP contribution in [-0.2, 0) is 0 Å². The highest BCUT2D eigenvalue weighted by atomic mass is 19.1. The molecule has 2 aromatic rings. The minimum absolute atomic E-state index is 0.109. The quantitative estimate of drug-likeness (QED) is 0.911. The Hall–Kier alpha value is -2.17. The zero-order valence-corrected chi connectivity index (χ0v) is 12.2. The van der Waals surface area contributed by atoms with Crippen molar-refractivity contribution in [2.75, 3.05) is 0 Å². The van der Waals surface area contributed by atoms with Gasteiger partial charge in [-0.3, -0.25) is 9.89 Å². The average molecular weight is 299 g/mol. The molecular weight excluding hydrogens is 281 g/mol. The number of hydrogen-bond acceptors (Lipinski definition) is 2. The van der Waals surface area contributed by atoms with Crippen LogP contribution < -0.4 is 5.32 Å². The lowest BCUT2D eigenvalue weighted by Gasteiger charge is -2.36. The molecule has 2 saturated carbocycles. The molecule has 4 nitrogen and oxygen atoms in total. The van der Waals surface area contributed by atoms with Gasteiger partial charge in [0.05, 0.1) is 0 Å². The van der Waals surface area contributed by atoms with E-state index in [-0.39, 0.29) is 23.7 Å². The molecule has 5 heteroatoms. The first kappa shape index (κ1) is 13.5. The minimum Gasteiger partial charge on any atom is -0.348 e. The maximum Gasteiger partial charge on any atom is 0.271 e. The number of carbonyl (C=O) groups excluding carboxylic acids is 1.